The lowest BCUT2D eigenvalue weighted by Gasteiger charge is -2.30. The highest BCUT2D eigenvalue weighted by Gasteiger charge is 2.30. The van der Waals surface area contributed by atoms with Gasteiger partial charge in [-0.3, -0.25) is 9.97 Å². The summed E-state index contributed by atoms with van der Waals surface area (Å²) in [5.41, 5.74) is 4.36. The van der Waals surface area contributed by atoms with Crippen molar-refractivity contribution in [3.63, 3.8) is 0 Å². The van der Waals surface area contributed by atoms with Crippen molar-refractivity contribution in [1.82, 2.24) is 9.97 Å². The third-order valence-corrected chi connectivity index (χ3v) is 5.89. The Kier molecular flexibility index (Phi) is 4.69. The Morgan fingerprint density at radius 3 is 1.67 bits per heavy atom. The standard InChI is InChI=1S/C18H21N2P/c1-6-14-8-10-19-16(12-14)21(18(3,4)5)17-13-15(7-2)9-11-20-17/h6-13H,1-2H2,3-5H3. The molecule has 0 saturated carbocycles. The summed E-state index contributed by atoms with van der Waals surface area (Å²) in [6.07, 6.45) is 7.42. The molecule has 2 nitrogen and oxygen atoms in total. The number of rotatable bonds is 4. The van der Waals surface area contributed by atoms with Crippen LogP contribution in [0.25, 0.3) is 12.2 Å². The topological polar surface area (TPSA) is 25.8 Å². The molecule has 2 aromatic rings. The molecule has 108 valence electrons. The molecular weight excluding hydrogens is 275 g/mol. The van der Waals surface area contributed by atoms with Crippen LogP contribution in [0.3, 0.4) is 0 Å². The zero-order valence-corrected chi connectivity index (χ0v) is 13.8. The van der Waals surface area contributed by atoms with Gasteiger partial charge < -0.3 is 0 Å². The Balaban J connectivity index is 2.57. The van der Waals surface area contributed by atoms with Crippen molar-refractivity contribution in [2.45, 2.75) is 25.9 Å². The Morgan fingerprint density at radius 1 is 0.905 bits per heavy atom. The van der Waals surface area contributed by atoms with E-state index in [1.54, 1.807) is 0 Å². The lowest BCUT2D eigenvalue weighted by molar-refractivity contribution is 0.791. The average molecular weight is 296 g/mol. The minimum atomic E-state index is -0.654. The summed E-state index contributed by atoms with van der Waals surface area (Å²) in [5.74, 6) is 0. The Morgan fingerprint density at radius 2 is 1.33 bits per heavy atom. The van der Waals surface area contributed by atoms with Crippen molar-refractivity contribution in [2.24, 2.45) is 0 Å². The summed E-state index contributed by atoms with van der Waals surface area (Å²) in [6, 6.07) is 8.18. The third kappa shape index (κ3) is 3.65. The lowest BCUT2D eigenvalue weighted by atomic mass is 10.2. The summed E-state index contributed by atoms with van der Waals surface area (Å²) in [4.78, 5) is 9.20. The molecule has 0 aliphatic carbocycles. The van der Waals surface area contributed by atoms with Crippen molar-refractivity contribution >= 4 is 30.9 Å². The van der Waals surface area contributed by atoms with E-state index in [0.717, 1.165) is 22.0 Å². The zero-order chi connectivity index (χ0) is 15.5. The highest BCUT2D eigenvalue weighted by Crippen LogP contribution is 2.46. The lowest BCUT2D eigenvalue weighted by Crippen LogP contribution is -2.29. The van der Waals surface area contributed by atoms with E-state index in [9.17, 15) is 0 Å². The Hall–Kier alpha value is -1.79. The molecule has 0 bridgehead atoms. The van der Waals surface area contributed by atoms with E-state index in [1.165, 1.54) is 0 Å². The van der Waals surface area contributed by atoms with Gasteiger partial charge in [0.15, 0.2) is 0 Å². The Labute approximate surface area is 128 Å². The Bertz CT molecular complexity index is 605. The molecule has 0 aromatic carbocycles. The summed E-state index contributed by atoms with van der Waals surface area (Å²) >= 11 is 0. The summed E-state index contributed by atoms with van der Waals surface area (Å²) in [5, 5.41) is 0.0783. The molecule has 0 spiro atoms. The van der Waals surface area contributed by atoms with E-state index in [0.29, 0.717) is 0 Å². The van der Waals surface area contributed by atoms with Crippen LogP contribution in [0.1, 0.15) is 31.9 Å². The zero-order valence-electron chi connectivity index (χ0n) is 12.9. The smallest absolute Gasteiger partial charge is 0.0703 e. The molecule has 2 aromatic heterocycles. The molecular formula is C18H21N2P. The van der Waals surface area contributed by atoms with Crippen LogP contribution < -0.4 is 10.9 Å². The fourth-order valence-electron chi connectivity index (χ4n) is 2.17. The first-order valence-electron chi connectivity index (χ1n) is 6.93. The van der Waals surface area contributed by atoms with Crippen LogP contribution in [0.2, 0.25) is 0 Å². The minimum Gasteiger partial charge on any atom is -0.256 e. The van der Waals surface area contributed by atoms with Crippen LogP contribution in [0.15, 0.2) is 49.8 Å². The van der Waals surface area contributed by atoms with Gasteiger partial charge in [0.2, 0.25) is 0 Å². The van der Waals surface area contributed by atoms with Gasteiger partial charge in [0.1, 0.15) is 0 Å². The molecule has 21 heavy (non-hydrogen) atoms. The van der Waals surface area contributed by atoms with Gasteiger partial charge in [-0.05, 0) is 40.5 Å². The highest BCUT2D eigenvalue weighted by molar-refractivity contribution is 7.73. The molecule has 0 fully saturated rings. The van der Waals surface area contributed by atoms with Crippen molar-refractivity contribution in [3.8, 4) is 0 Å². The first-order valence-corrected chi connectivity index (χ1v) is 8.27. The van der Waals surface area contributed by atoms with E-state index in [1.807, 2.05) is 36.7 Å². The van der Waals surface area contributed by atoms with E-state index < -0.39 is 7.92 Å². The normalized spacial score (nSPS) is 11.4. The van der Waals surface area contributed by atoms with Crippen molar-refractivity contribution in [1.29, 1.82) is 0 Å². The average Bonchev–Trinajstić information content (AvgIpc) is 2.46. The van der Waals surface area contributed by atoms with E-state index in [-0.39, 0.29) is 5.16 Å². The molecule has 0 radical (unpaired) electrons. The largest absolute Gasteiger partial charge is 0.256 e. The second-order valence-corrected chi connectivity index (χ2v) is 8.74. The first-order chi connectivity index (χ1) is 9.95. The number of aromatic nitrogens is 2. The maximum Gasteiger partial charge on any atom is 0.0703 e. The van der Waals surface area contributed by atoms with Gasteiger partial charge >= 0.3 is 0 Å². The first kappa shape index (κ1) is 15.6. The molecule has 2 rings (SSSR count). The van der Waals surface area contributed by atoms with Crippen molar-refractivity contribution in [2.75, 3.05) is 0 Å². The predicted molar refractivity (Wildman–Crippen MR) is 94.6 cm³/mol. The monoisotopic (exact) mass is 296 g/mol. The van der Waals surface area contributed by atoms with E-state index in [2.05, 4.69) is 56.0 Å². The van der Waals surface area contributed by atoms with Crippen LogP contribution in [0, 0.1) is 0 Å². The minimum absolute atomic E-state index is 0.0783. The van der Waals surface area contributed by atoms with Gasteiger partial charge in [0.25, 0.3) is 0 Å². The van der Waals surface area contributed by atoms with E-state index >= 15 is 0 Å². The van der Waals surface area contributed by atoms with Gasteiger partial charge in [-0.1, -0.05) is 46.1 Å². The predicted octanol–water partition coefficient (Wildman–Crippen LogP) is 3.99. The molecule has 0 aliphatic rings. The van der Waals surface area contributed by atoms with Crippen LogP contribution in [0.5, 0.6) is 0 Å². The number of pyridine rings is 2. The van der Waals surface area contributed by atoms with Gasteiger partial charge in [0.05, 0.1) is 10.9 Å². The molecule has 0 N–H and O–H groups in total. The summed E-state index contributed by atoms with van der Waals surface area (Å²) in [6.45, 7) is 14.4. The molecule has 2 heterocycles. The summed E-state index contributed by atoms with van der Waals surface area (Å²) in [7, 11) is -0.654. The fraction of sp³-hybridized carbons (Fsp3) is 0.222. The number of hydrogen-bond donors (Lipinski definition) is 0. The molecule has 0 aliphatic heterocycles. The molecule has 3 heteroatoms. The number of nitrogens with zero attached hydrogens (tertiary/aromatic N) is 2. The summed E-state index contributed by atoms with van der Waals surface area (Å²) < 4.78 is 0. The van der Waals surface area contributed by atoms with E-state index in [4.69, 9.17) is 0 Å². The molecule has 0 unspecified atom stereocenters. The molecule has 0 atom stereocenters. The van der Waals surface area contributed by atoms with Crippen LogP contribution >= 0.6 is 7.92 Å². The second kappa shape index (κ2) is 6.32. The van der Waals surface area contributed by atoms with Crippen molar-refractivity contribution < 1.29 is 0 Å². The van der Waals surface area contributed by atoms with Gasteiger partial charge in [-0.15, -0.1) is 0 Å². The van der Waals surface area contributed by atoms with Crippen LogP contribution in [-0.2, 0) is 0 Å². The number of hydrogen-bond acceptors (Lipinski definition) is 2. The van der Waals surface area contributed by atoms with Gasteiger partial charge in [-0.25, -0.2) is 0 Å². The van der Waals surface area contributed by atoms with Crippen LogP contribution in [0.4, 0.5) is 0 Å². The van der Waals surface area contributed by atoms with Crippen LogP contribution in [-0.4, -0.2) is 15.1 Å². The third-order valence-electron chi connectivity index (χ3n) is 3.14. The molecule has 0 saturated heterocycles. The SMILES string of the molecule is C=Cc1ccnc(P(c2cc(C=C)ccn2)C(C)(C)C)c1. The molecule has 0 amide bonds. The van der Waals surface area contributed by atoms with Crippen molar-refractivity contribution in [3.05, 3.63) is 60.9 Å². The fourth-order valence-corrected chi connectivity index (χ4v) is 4.70. The second-order valence-electron chi connectivity index (χ2n) is 5.81. The maximum absolute atomic E-state index is 4.60. The van der Waals surface area contributed by atoms with Gasteiger partial charge in [0, 0.05) is 20.3 Å². The maximum atomic E-state index is 4.60. The quantitative estimate of drug-likeness (QED) is 0.797. The van der Waals surface area contributed by atoms with Gasteiger partial charge in [-0.2, -0.15) is 0 Å². The highest BCUT2D eigenvalue weighted by atomic mass is 31.1.